The Morgan fingerprint density at radius 2 is 1.77 bits per heavy atom. The van der Waals surface area contributed by atoms with Crippen LogP contribution in [0.2, 0.25) is 0 Å². The Balaban J connectivity index is 1.65. The van der Waals surface area contributed by atoms with Crippen molar-refractivity contribution in [1.82, 2.24) is 0 Å². The van der Waals surface area contributed by atoms with Crippen molar-refractivity contribution >= 4 is 5.78 Å². The molecule has 0 bridgehead atoms. The minimum Gasteiger partial charge on any atom is -0.393 e. The Kier molecular flexibility index (Phi) is 3.32. The van der Waals surface area contributed by atoms with Crippen LogP contribution in [-0.2, 0) is 4.79 Å². The first-order valence-electron chi connectivity index (χ1n) is 9.55. The highest BCUT2D eigenvalue weighted by atomic mass is 16.3. The molecule has 0 aromatic heterocycles. The number of hydrogen-bond donors (Lipinski definition) is 1. The van der Waals surface area contributed by atoms with E-state index in [1.54, 1.807) is 0 Å². The summed E-state index contributed by atoms with van der Waals surface area (Å²) in [5.74, 6) is 3.89. The quantitative estimate of drug-likeness (QED) is 0.728. The second-order valence-corrected chi connectivity index (χ2v) is 9.64. The van der Waals surface area contributed by atoms with Crippen molar-refractivity contribution in [2.75, 3.05) is 0 Å². The van der Waals surface area contributed by atoms with Gasteiger partial charge in [-0.15, -0.1) is 0 Å². The molecule has 0 aromatic carbocycles. The summed E-state index contributed by atoms with van der Waals surface area (Å²) in [6, 6.07) is 0. The standard InChI is InChI=1S/C20H32O2/c1-12-15-5-4-14-16(20(15,3)9-7-18(12)22)6-8-19(2)11-13(21)10-17(14)19/h12,14-18,22H,4-11H2,1-3H3/t12-,14-,15+,16+,17+,18-,19-,20+/m0/s1. The normalized spacial score (nSPS) is 57.9. The van der Waals surface area contributed by atoms with Crippen molar-refractivity contribution in [3.63, 3.8) is 0 Å². The summed E-state index contributed by atoms with van der Waals surface area (Å²) in [5, 5.41) is 10.3. The summed E-state index contributed by atoms with van der Waals surface area (Å²) in [6.45, 7) is 7.19. The van der Waals surface area contributed by atoms with Gasteiger partial charge in [-0.25, -0.2) is 0 Å². The fourth-order valence-corrected chi connectivity index (χ4v) is 7.49. The van der Waals surface area contributed by atoms with E-state index >= 15 is 0 Å². The smallest absolute Gasteiger partial charge is 0.133 e. The van der Waals surface area contributed by atoms with E-state index in [9.17, 15) is 9.90 Å². The van der Waals surface area contributed by atoms with Crippen LogP contribution in [0.3, 0.4) is 0 Å². The third kappa shape index (κ3) is 1.92. The predicted molar refractivity (Wildman–Crippen MR) is 87.3 cm³/mol. The molecule has 0 saturated heterocycles. The number of Topliss-reactive ketones (excluding diaryl/α,β-unsaturated/α-hetero) is 1. The number of rotatable bonds is 0. The van der Waals surface area contributed by atoms with Crippen LogP contribution in [0.5, 0.6) is 0 Å². The van der Waals surface area contributed by atoms with Crippen LogP contribution in [0.15, 0.2) is 0 Å². The molecule has 4 rings (SSSR count). The molecule has 4 aliphatic carbocycles. The van der Waals surface area contributed by atoms with Gasteiger partial charge in [-0.1, -0.05) is 20.8 Å². The molecule has 1 N–H and O–H groups in total. The van der Waals surface area contributed by atoms with Crippen molar-refractivity contribution in [2.24, 2.45) is 40.4 Å². The lowest BCUT2D eigenvalue weighted by atomic mass is 9.44. The molecule has 0 heterocycles. The van der Waals surface area contributed by atoms with Crippen LogP contribution in [0.25, 0.3) is 0 Å². The average molecular weight is 304 g/mol. The maximum atomic E-state index is 12.1. The van der Waals surface area contributed by atoms with Crippen LogP contribution >= 0.6 is 0 Å². The Labute approximate surface area is 135 Å². The van der Waals surface area contributed by atoms with E-state index in [2.05, 4.69) is 20.8 Å². The summed E-state index contributed by atoms with van der Waals surface area (Å²) >= 11 is 0. The average Bonchev–Trinajstić information content (AvgIpc) is 2.78. The van der Waals surface area contributed by atoms with Crippen molar-refractivity contribution in [3.05, 3.63) is 0 Å². The van der Waals surface area contributed by atoms with Crippen molar-refractivity contribution < 1.29 is 9.90 Å². The predicted octanol–water partition coefficient (Wildman–Crippen LogP) is 4.21. The number of carbonyl (C=O) groups is 1. The van der Waals surface area contributed by atoms with Gasteiger partial charge in [0.1, 0.15) is 5.78 Å². The van der Waals surface area contributed by atoms with E-state index in [1.807, 2.05) is 0 Å². The van der Waals surface area contributed by atoms with E-state index in [0.29, 0.717) is 34.4 Å². The molecule has 4 aliphatic rings. The number of aliphatic hydroxyl groups is 1. The van der Waals surface area contributed by atoms with Crippen molar-refractivity contribution in [3.8, 4) is 0 Å². The van der Waals surface area contributed by atoms with Crippen molar-refractivity contribution in [1.29, 1.82) is 0 Å². The molecule has 0 amide bonds. The summed E-state index contributed by atoms with van der Waals surface area (Å²) in [4.78, 5) is 12.1. The van der Waals surface area contributed by atoms with Gasteiger partial charge >= 0.3 is 0 Å². The second-order valence-electron chi connectivity index (χ2n) is 9.64. The van der Waals surface area contributed by atoms with Crippen LogP contribution < -0.4 is 0 Å². The van der Waals surface area contributed by atoms with Gasteiger partial charge in [-0.2, -0.15) is 0 Å². The van der Waals surface area contributed by atoms with Gasteiger partial charge in [-0.3, -0.25) is 4.79 Å². The molecule has 8 atom stereocenters. The van der Waals surface area contributed by atoms with Crippen molar-refractivity contribution in [2.45, 2.75) is 78.2 Å². The first kappa shape index (κ1) is 15.2. The summed E-state index contributed by atoms with van der Waals surface area (Å²) in [6.07, 6.45) is 8.94. The highest BCUT2D eigenvalue weighted by molar-refractivity contribution is 5.82. The zero-order chi connectivity index (χ0) is 15.7. The maximum absolute atomic E-state index is 12.1. The molecular formula is C20H32O2. The fourth-order valence-electron chi connectivity index (χ4n) is 7.49. The number of ketones is 1. The minimum atomic E-state index is -0.0865. The van der Waals surface area contributed by atoms with E-state index < -0.39 is 0 Å². The van der Waals surface area contributed by atoms with Gasteiger partial charge in [0.05, 0.1) is 6.10 Å². The zero-order valence-corrected chi connectivity index (χ0v) is 14.5. The van der Waals surface area contributed by atoms with Gasteiger partial charge in [0.2, 0.25) is 0 Å². The van der Waals surface area contributed by atoms with Gasteiger partial charge in [0.15, 0.2) is 0 Å². The SMILES string of the molecule is C[C@H]1[C@H]2CC[C@@H]3[C@H]4CC(=O)C[C@]4(C)CC[C@H]3[C@]2(C)CC[C@@H]1O. The van der Waals surface area contributed by atoms with Crippen LogP contribution in [0.4, 0.5) is 0 Å². The Morgan fingerprint density at radius 1 is 1.00 bits per heavy atom. The maximum Gasteiger partial charge on any atom is 0.133 e. The summed E-state index contributed by atoms with van der Waals surface area (Å²) in [5.41, 5.74) is 0.718. The van der Waals surface area contributed by atoms with Crippen LogP contribution in [-0.4, -0.2) is 17.0 Å². The number of aliphatic hydroxyl groups excluding tert-OH is 1. The molecule has 0 aliphatic heterocycles. The molecule has 0 aromatic rings. The largest absolute Gasteiger partial charge is 0.393 e. The van der Waals surface area contributed by atoms with E-state index in [4.69, 9.17) is 0 Å². The third-order valence-electron chi connectivity index (χ3n) is 8.73. The molecule has 2 heteroatoms. The number of hydrogen-bond acceptors (Lipinski definition) is 2. The van der Waals surface area contributed by atoms with Gasteiger partial charge in [0, 0.05) is 12.8 Å². The highest BCUT2D eigenvalue weighted by Gasteiger charge is 2.60. The van der Waals surface area contributed by atoms with Gasteiger partial charge in [-0.05, 0) is 78.9 Å². The Morgan fingerprint density at radius 3 is 2.55 bits per heavy atom. The Bertz CT molecular complexity index is 486. The zero-order valence-electron chi connectivity index (χ0n) is 14.5. The first-order valence-corrected chi connectivity index (χ1v) is 9.55. The molecule has 22 heavy (non-hydrogen) atoms. The first-order chi connectivity index (χ1) is 10.3. The summed E-state index contributed by atoms with van der Waals surface area (Å²) in [7, 11) is 0. The third-order valence-corrected chi connectivity index (χ3v) is 8.73. The highest BCUT2D eigenvalue weighted by Crippen LogP contribution is 2.66. The number of fused-ring (bicyclic) bond motifs is 5. The lowest BCUT2D eigenvalue weighted by molar-refractivity contribution is -0.143. The fraction of sp³-hybridized carbons (Fsp3) is 0.950. The molecule has 0 unspecified atom stereocenters. The lowest BCUT2D eigenvalue weighted by Crippen LogP contribution is -2.55. The second kappa shape index (κ2) is 4.82. The van der Waals surface area contributed by atoms with Gasteiger partial charge in [0.25, 0.3) is 0 Å². The lowest BCUT2D eigenvalue weighted by Gasteiger charge is -2.61. The van der Waals surface area contributed by atoms with E-state index in [0.717, 1.165) is 31.1 Å². The molecule has 2 nitrogen and oxygen atoms in total. The van der Waals surface area contributed by atoms with Crippen LogP contribution in [0.1, 0.15) is 72.1 Å². The molecule has 0 spiro atoms. The molecule has 4 fully saturated rings. The molecule has 4 saturated carbocycles. The monoisotopic (exact) mass is 304 g/mol. The van der Waals surface area contributed by atoms with Crippen LogP contribution in [0, 0.1) is 40.4 Å². The molecule has 124 valence electrons. The minimum absolute atomic E-state index is 0.0865. The summed E-state index contributed by atoms with van der Waals surface area (Å²) < 4.78 is 0. The van der Waals surface area contributed by atoms with E-state index in [-0.39, 0.29) is 6.10 Å². The topological polar surface area (TPSA) is 37.3 Å². The van der Waals surface area contributed by atoms with E-state index in [1.165, 1.54) is 32.1 Å². The number of carbonyl (C=O) groups excluding carboxylic acids is 1. The Hall–Kier alpha value is -0.370. The molecular weight excluding hydrogens is 272 g/mol. The van der Waals surface area contributed by atoms with Gasteiger partial charge < -0.3 is 5.11 Å². The molecule has 0 radical (unpaired) electrons.